The number of hydrogen-bond donors (Lipinski definition) is 4. The van der Waals surface area contributed by atoms with Gasteiger partial charge in [0, 0.05) is 29.4 Å². The molecule has 9 nitrogen and oxygen atoms in total. The lowest BCUT2D eigenvalue weighted by atomic mass is 10.1. The van der Waals surface area contributed by atoms with Crippen LogP contribution in [-0.4, -0.2) is 27.3 Å². The molecule has 34 heavy (non-hydrogen) atoms. The molecule has 0 radical (unpaired) electrons. The Bertz CT molecular complexity index is 1320. The summed E-state index contributed by atoms with van der Waals surface area (Å²) < 4.78 is 33.0. The molecule has 0 heterocycles. The number of anilines is 2. The highest BCUT2D eigenvalue weighted by Crippen LogP contribution is 2.20. The van der Waals surface area contributed by atoms with E-state index in [1.54, 1.807) is 48.5 Å². The number of methoxy groups -OCH3 is 1. The van der Waals surface area contributed by atoms with E-state index in [9.17, 15) is 18.0 Å². The molecule has 0 saturated heterocycles. The van der Waals surface area contributed by atoms with Crippen molar-refractivity contribution < 1.29 is 22.7 Å². The number of hydrazine groups is 1. The maximum Gasteiger partial charge on any atom is 0.269 e. The van der Waals surface area contributed by atoms with Crippen molar-refractivity contribution in [3.63, 3.8) is 0 Å². The predicted octanol–water partition coefficient (Wildman–Crippen LogP) is 3.36. The third-order valence-corrected chi connectivity index (χ3v) is 5.99. The Kier molecular flexibility index (Phi) is 7.54. The van der Waals surface area contributed by atoms with Crippen molar-refractivity contribution >= 4 is 38.9 Å². The van der Waals surface area contributed by atoms with Crippen LogP contribution in [0.2, 0.25) is 0 Å². The number of benzene rings is 3. The maximum atomic E-state index is 12.8. The van der Waals surface area contributed by atoms with E-state index in [4.69, 9.17) is 4.74 Å². The Labute approximate surface area is 197 Å². The summed E-state index contributed by atoms with van der Waals surface area (Å²) in [5, 5.41) is 2.67. The van der Waals surface area contributed by atoms with Gasteiger partial charge >= 0.3 is 0 Å². The Hall–Kier alpha value is -4.31. The molecule has 10 heteroatoms. The Morgan fingerprint density at radius 1 is 0.853 bits per heavy atom. The second kappa shape index (κ2) is 10.5. The zero-order valence-electron chi connectivity index (χ0n) is 18.6. The van der Waals surface area contributed by atoms with Crippen LogP contribution in [0.25, 0.3) is 5.70 Å². The molecule has 0 bridgehead atoms. The van der Waals surface area contributed by atoms with E-state index in [1.807, 2.05) is 0 Å². The molecule has 3 aromatic rings. The molecule has 0 aliphatic carbocycles. The fourth-order valence-electron chi connectivity index (χ4n) is 2.94. The smallest absolute Gasteiger partial charge is 0.269 e. The summed E-state index contributed by atoms with van der Waals surface area (Å²) in [7, 11) is -2.40. The van der Waals surface area contributed by atoms with Crippen molar-refractivity contribution in [2.75, 3.05) is 17.1 Å². The number of hydrogen-bond acceptors (Lipinski definition) is 6. The van der Waals surface area contributed by atoms with Crippen LogP contribution in [0.4, 0.5) is 11.4 Å². The molecule has 0 unspecified atom stereocenters. The Morgan fingerprint density at radius 3 is 2.21 bits per heavy atom. The standard InChI is InChI=1S/C24H24N4O5S/c1-16(18-6-4-8-21(14-18)25-17(2)29)26-27-24(30)19-7-5-9-23(15-19)34(31,32)28-20-10-12-22(33-3)13-11-20/h4-15,26,28H,1H2,2-3H3,(H,25,29)(H,27,30). The fraction of sp³-hybridized carbons (Fsp3) is 0.0833. The number of carbonyl (C=O) groups is 2. The highest BCUT2D eigenvalue weighted by Gasteiger charge is 2.17. The molecular weight excluding hydrogens is 456 g/mol. The highest BCUT2D eigenvalue weighted by molar-refractivity contribution is 7.92. The molecule has 3 rings (SSSR count). The van der Waals surface area contributed by atoms with E-state index in [2.05, 4.69) is 27.5 Å². The summed E-state index contributed by atoms with van der Waals surface area (Å²) in [4.78, 5) is 23.8. The van der Waals surface area contributed by atoms with Crippen LogP contribution in [-0.2, 0) is 14.8 Å². The van der Waals surface area contributed by atoms with E-state index in [0.717, 1.165) is 0 Å². The van der Waals surface area contributed by atoms with Crippen molar-refractivity contribution in [2.24, 2.45) is 0 Å². The van der Waals surface area contributed by atoms with Crippen LogP contribution in [0.15, 0.2) is 84.3 Å². The van der Waals surface area contributed by atoms with Gasteiger partial charge in [0.2, 0.25) is 5.91 Å². The monoisotopic (exact) mass is 480 g/mol. The second-order valence-electron chi connectivity index (χ2n) is 7.18. The van der Waals surface area contributed by atoms with Crippen LogP contribution in [0, 0.1) is 0 Å². The first kappa shape index (κ1) is 24.3. The molecule has 0 aliphatic rings. The maximum absolute atomic E-state index is 12.8. The molecular formula is C24H24N4O5S. The first-order chi connectivity index (χ1) is 16.2. The largest absolute Gasteiger partial charge is 0.497 e. The SMILES string of the molecule is C=C(NNC(=O)c1cccc(S(=O)(=O)Nc2ccc(OC)cc2)c1)c1cccc(NC(C)=O)c1. The summed E-state index contributed by atoms with van der Waals surface area (Å²) in [6.45, 7) is 5.28. The van der Waals surface area contributed by atoms with Gasteiger partial charge in [-0.05, 0) is 54.6 Å². The zero-order valence-corrected chi connectivity index (χ0v) is 19.4. The van der Waals surface area contributed by atoms with Gasteiger partial charge in [0.25, 0.3) is 15.9 Å². The molecule has 176 valence electrons. The van der Waals surface area contributed by atoms with Gasteiger partial charge < -0.3 is 10.1 Å². The van der Waals surface area contributed by atoms with Crippen molar-refractivity contribution in [3.05, 3.63) is 90.5 Å². The van der Waals surface area contributed by atoms with Crippen LogP contribution in [0.3, 0.4) is 0 Å². The minimum Gasteiger partial charge on any atom is -0.497 e. The summed E-state index contributed by atoms with van der Waals surface area (Å²) in [5.41, 5.74) is 7.29. The van der Waals surface area contributed by atoms with E-state index >= 15 is 0 Å². The highest BCUT2D eigenvalue weighted by atomic mass is 32.2. The summed E-state index contributed by atoms with van der Waals surface area (Å²) in [6, 6.07) is 18.9. The van der Waals surface area contributed by atoms with Crippen LogP contribution in [0.1, 0.15) is 22.8 Å². The lowest BCUT2D eigenvalue weighted by Gasteiger charge is -2.13. The minimum absolute atomic E-state index is 0.0715. The van der Waals surface area contributed by atoms with Crippen LogP contribution < -0.4 is 25.6 Å². The number of sulfonamides is 1. The summed E-state index contributed by atoms with van der Waals surface area (Å²) in [5.74, 6) is -0.168. The molecule has 0 fully saturated rings. The third-order valence-electron chi connectivity index (χ3n) is 4.61. The van der Waals surface area contributed by atoms with Gasteiger partial charge in [-0.1, -0.05) is 24.8 Å². The van der Waals surface area contributed by atoms with Crippen LogP contribution >= 0.6 is 0 Å². The zero-order chi connectivity index (χ0) is 24.7. The van der Waals surface area contributed by atoms with Gasteiger partial charge in [0.15, 0.2) is 0 Å². The number of nitrogens with one attached hydrogen (secondary N) is 4. The van der Waals surface area contributed by atoms with Gasteiger partial charge in [-0.15, -0.1) is 0 Å². The van der Waals surface area contributed by atoms with Gasteiger partial charge in [-0.25, -0.2) is 8.42 Å². The molecule has 2 amide bonds. The topological polar surface area (TPSA) is 126 Å². The van der Waals surface area contributed by atoms with E-state index in [0.29, 0.717) is 28.4 Å². The fourth-order valence-corrected chi connectivity index (χ4v) is 4.05. The molecule has 0 aliphatic heterocycles. The quantitative estimate of drug-likeness (QED) is 0.348. The predicted molar refractivity (Wildman–Crippen MR) is 131 cm³/mol. The summed E-state index contributed by atoms with van der Waals surface area (Å²) >= 11 is 0. The number of rotatable bonds is 9. The van der Waals surface area contributed by atoms with Crippen molar-refractivity contribution in [2.45, 2.75) is 11.8 Å². The molecule has 0 saturated carbocycles. The average Bonchev–Trinajstić information content (AvgIpc) is 2.82. The number of carbonyl (C=O) groups excluding carboxylic acids is 2. The molecule has 0 spiro atoms. The Balaban J connectivity index is 1.67. The normalized spacial score (nSPS) is 10.6. The Morgan fingerprint density at radius 2 is 1.53 bits per heavy atom. The van der Waals surface area contributed by atoms with Gasteiger partial charge in [-0.2, -0.15) is 0 Å². The molecule has 0 aromatic heterocycles. The van der Waals surface area contributed by atoms with Crippen molar-refractivity contribution in [1.82, 2.24) is 10.9 Å². The lowest BCUT2D eigenvalue weighted by Crippen LogP contribution is -2.36. The minimum atomic E-state index is -3.92. The van der Waals surface area contributed by atoms with E-state index < -0.39 is 15.9 Å². The third kappa shape index (κ3) is 6.36. The van der Waals surface area contributed by atoms with Crippen molar-refractivity contribution in [3.8, 4) is 5.75 Å². The second-order valence-corrected chi connectivity index (χ2v) is 8.86. The number of amides is 2. The summed E-state index contributed by atoms with van der Waals surface area (Å²) in [6.07, 6.45) is 0. The van der Waals surface area contributed by atoms with Gasteiger partial charge in [0.05, 0.1) is 17.7 Å². The van der Waals surface area contributed by atoms with Crippen LogP contribution in [0.5, 0.6) is 5.75 Å². The van der Waals surface area contributed by atoms with E-state index in [1.165, 1.54) is 38.3 Å². The average molecular weight is 481 g/mol. The van der Waals surface area contributed by atoms with E-state index in [-0.39, 0.29) is 16.4 Å². The van der Waals surface area contributed by atoms with Gasteiger partial charge in [-0.3, -0.25) is 25.2 Å². The first-order valence-electron chi connectivity index (χ1n) is 10.1. The number of ether oxygens (including phenoxy) is 1. The molecule has 3 aromatic carbocycles. The molecule has 4 N–H and O–H groups in total. The first-order valence-corrected chi connectivity index (χ1v) is 11.6. The van der Waals surface area contributed by atoms with Gasteiger partial charge in [0.1, 0.15) is 5.75 Å². The molecule has 0 atom stereocenters. The van der Waals surface area contributed by atoms with Crippen molar-refractivity contribution in [1.29, 1.82) is 0 Å². The lowest BCUT2D eigenvalue weighted by molar-refractivity contribution is -0.114.